The van der Waals surface area contributed by atoms with Crippen LogP contribution in [0.25, 0.3) is 0 Å². The van der Waals surface area contributed by atoms with Crippen LogP contribution < -0.4 is 0 Å². The molecule has 1 amide bonds. The molecular formula is C2H2FNO. The fraction of sp³-hybridized carbons (Fsp3) is 0.500. The molecule has 0 aromatic carbocycles. The van der Waals surface area contributed by atoms with Gasteiger partial charge in [-0.15, -0.1) is 0 Å². The van der Waals surface area contributed by atoms with Crippen molar-refractivity contribution in [1.82, 2.24) is 5.12 Å². The fourth-order valence-electron chi connectivity index (χ4n) is 0.0834. The zero-order valence-corrected chi connectivity index (χ0v) is 2.44. The second-order valence-corrected chi connectivity index (χ2v) is 0.914. The predicted molar refractivity (Wildman–Crippen MR) is 12.8 cm³/mol. The summed E-state index contributed by atoms with van der Waals surface area (Å²) < 4.78 is 11.0. The van der Waals surface area contributed by atoms with E-state index in [0.717, 1.165) is 0 Å². The minimum atomic E-state index is -0.412. The number of hydrogen-bond donors (Lipinski definition) is 0. The maximum atomic E-state index is 11.0. The van der Waals surface area contributed by atoms with E-state index in [1.54, 1.807) is 0 Å². The van der Waals surface area contributed by atoms with Crippen molar-refractivity contribution in [2.75, 3.05) is 6.54 Å². The Morgan fingerprint density at radius 1 is 2.00 bits per heavy atom. The SMILES string of the molecule is O=C1CN1F. The summed E-state index contributed by atoms with van der Waals surface area (Å²) in [6.07, 6.45) is 0. The van der Waals surface area contributed by atoms with E-state index in [4.69, 9.17) is 0 Å². The standard InChI is InChI=1S/C2H2FNO/c3-4-1-2(4)5/h1H2. The first-order valence-electron chi connectivity index (χ1n) is 1.27. The van der Waals surface area contributed by atoms with Gasteiger partial charge in [0.25, 0.3) is 5.91 Å². The average Bonchev–Trinajstić information content (AvgIpc) is 1.79. The second-order valence-electron chi connectivity index (χ2n) is 0.914. The van der Waals surface area contributed by atoms with Crippen molar-refractivity contribution < 1.29 is 9.28 Å². The smallest absolute Gasteiger partial charge is 0.270 e. The molecule has 0 spiro atoms. The van der Waals surface area contributed by atoms with Gasteiger partial charge < -0.3 is 0 Å². The molecule has 1 aliphatic rings. The molecule has 1 fully saturated rings. The third-order valence-electron chi connectivity index (χ3n) is 0.441. The average molecular weight is 75.0 g/mol. The molecule has 28 valence electrons. The Kier molecular flexibility index (Phi) is 0.251. The molecule has 0 N–H and O–H groups in total. The zero-order valence-electron chi connectivity index (χ0n) is 2.44. The molecule has 0 aliphatic carbocycles. The van der Waals surface area contributed by atoms with Crippen LogP contribution in [0.5, 0.6) is 0 Å². The molecule has 1 saturated heterocycles. The summed E-state index contributed by atoms with van der Waals surface area (Å²) in [6, 6.07) is 0. The van der Waals surface area contributed by atoms with E-state index in [-0.39, 0.29) is 11.7 Å². The van der Waals surface area contributed by atoms with Crippen molar-refractivity contribution in [1.29, 1.82) is 0 Å². The van der Waals surface area contributed by atoms with E-state index < -0.39 is 5.91 Å². The minimum absolute atomic E-state index is 0. The monoisotopic (exact) mass is 75.0 g/mol. The molecule has 0 unspecified atom stereocenters. The molecule has 3 heteroatoms. The lowest BCUT2D eigenvalue weighted by molar-refractivity contribution is -0.118. The highest BCUT2D eigenvalue weighted by Gasteiger charge is 2.29. The van der Waals surface area contributed by atoms with Gasteiger partial charge in [-0.3, -0.25) is 4.79 Å². The van der Waals surface area contributed by atoms with Crippen LogP contribution in [0.2, 0.25) is 0 Å². The van der Waals surface area contributed by atoms with E-state index in [1.165, 1.54) is 0 Å². The predicted octanol–water partition coefficient (Wildman–Crippen LogP) is -0.287. The summed E-state index contributed by atoms with van der Waals surface area (Å²) in [5.74, 6) is -0.412. The Bertz CT molecular complexity index is 72.0. The number of amides is 1. The number of nitrogens with zero attached hydrogens (tertiary/aromatic N) is 1. The van der Waals surface area contributed by atoms with Gasteiger partial charge in [-0.2, -0.15) is 5.12 Å². The first-order chi connectivity index (χ1) is 2.30. The Hall–Kier alpha value is -0.600. The lowest BCUT2D eigenvalue weighted by atomic mass is 11.0. The molecule has 0 bridgehead atoms. The molecule has 0 radical (unpaired) electrons. The third kappa shape index (κ3) is 0.229. The van der Waals surface area contributed by atoms with Gasteiger partial charge in [-0.05, 0) is 0 Å². The largest absolute Gasteiger partial charge is 0.273 e. The van der Waals surface area contributed by atoms with Crippen molar-refractivity contribution in [2.45, 2.75) is 0 Å². The van der Waals surface area contributed by atoms with Gasteiger partial charge in [0.15, 0.2) is 0 Å². The van der Waals surface area contributed by atoms with Crippen LogP contribution in [0.3, 0.4) is 0 Å². The molecule has 2 nitrogen and oxygen atoms in total. The number of carbonyl (C=O) groups excluding carboxylic acids is 1. The van der Waals surface area contributed by atoms with Crippen molar-refractivity contribution in [2.24, 2.45) is 0 Å². The molecule has 5 heavy (non-hydrogen) atoms. The van der Waals surface area contributed by atoms with Gasteiger partial charge in [0.05, 0.1) is 0 Å². The highest BCUT2D eigenvalue weighted by Crippen LogP contribution is 2.03. The lowest BCUT2D eigenvalue weighted by Gasteiger charge is -1.60. The summed E-state index contributed by atoms with van der Waals surface area (Å²) in [5, 5.41) is 0.153. The van der Waals surface area contributed by atoms with Gasteiger partial charge in [-0.1, -0.05) is 4.48 Å². The Labute approximate surface area is 28.1 Å². The van der Waals surface area contributed by atoms with Crippen molar-refractivity contribution >= 4 is 5.91 Å². The van der Waals surface area contributed by atoms with Crippen molar-refractivity contribution in [3.63, 3.8) is 0 Å². The van der Waals surface area contributed by atoms with E-state index >= 15 is 0 Å². The third-order valence-corrected chi connectivity index (χ3v) is 0.441. The maximum Gasteiger partial charge on any atom is 0.273 e. The van der Waals surface area contributed by atoms with E-state index in [2.05, 4.69) is 0 Å². The molecule has 1 rings (SSSR count). The van der Waals surface area contributed by atoms with Crippen LogP contribution in [0.4, 0.5) is 4.48 Å². The number of carbonyl (C=O) groups is 1. The Morgan fingerprint density at radius 2 is 2.20 bits per heavy atom. The zero-order chi connectivity index (χ0) is 3.86. The van der Waals surface area contributed by atoms with Crippen LogP contribution in [0, 0.1) is 0 Å². The number of halogens is 1. The summed E-state index contributed by atoms with van der Waals surface area (Å²) in [7, 11) is 0. The van der Waals surface area contributed by atoms with Gasteiger partial charge in [0, 0.05) is 0 Å². The Balaban J connectivity index is 2.47. The van der Waals surface area contributed by atoms with Crippen LogP contribution in [-0.4, -0.2) is 17.6 Å². The maximum absolute atomic E-state index is 11.0. The van der Waals surface area contributed by atoms with E-state index in [1.807, 2.05) is 0 Å². The molecule has 0 saturated carbocycles. The second kappa shape index (κ2) is 0.478. The molecule has 0 aromatic rings. The van der Waals surface area contributed by atoms with Gasteiger partial charge in [0.1, 0.15) is 6.54 Å². The Morgan fingerprint density at radius 3 is 2.20 bits per heavy atom. The summed E-state index contributed by atoms with van der Waals surface area (Å²) >= 11 is 0. The number of rotatable bonds is 0. The van der Waals surface area contributed by atoms with Gasteiger partial charge >= 0.3 is 0 Å². The van der Waals surface area contributed by atoms with Gasteiger partial charge in [-0.25, -0.2) is 0 Å². The summed E-state index contributed by atoms with van der Waals surface area (Å²) in [6.45, 7) is 0. The molecule has 1 aliphatic heterocycles. The van der Waals surface area contributed by atoms with Crippen LogP contribution in [0.15, 0.2) is 0 Å². The lowest BCUT2D eigenvalue weighted by Crippen LogP contribution is -1.71. The minimum Gasteiger partial charge on any atom is -0.270 e. The molecular weight excluding hydrogens is 73.0 g/mol. The van der Waals surface area contributed by atoms with Crippen molar-refractivity contribution in [3.8, 4) is 0 Å². The van der Waals surface area contributed by atoms with E-state index in [9.17, 15) is 9.28 Å². The van der Waals surface area contributed by atoms with Crippen LogP contribution in [-0.2, 0) is 4.79 Å². The first-order valence-corrected chi connectivity index (χ1v) is 1.27. The van der Waals surface area contributed by atoms with Crippen LogP contribution in [0.1, 0.15) is 0 Å². The van der Waals surface area contributed by atoms with Crippen molar-refractivity contribution in [3.05, 3.63) is 0 Å². The highest BCUT2D eigenvalue weighted by atomic mass is 19.2. The highest BCUT2D eigenvalue weighted by molar-refractivity contribution is 5.90. The van der Waals surface area contributed by atoms with E-state index in [0.29, 0.717) is 0 Å². The van der Waals surface area contributed by atoms with Gasteiger partial charge in [0.2, 0.25) is 0 Å². The first kappa shape index (κ1) is 2.63. The summed E-state index contributed by atoms with van der Waals surface area (Å²) in [5.41, 5.74) is 0. The normalized spacial score (nSPS) is 20.2. The molecule has 0 aromatic heterocycles. The summed E-state index contributed by atoms with van der Waals surface area (Å²) in [4.78, 5) is 9.44. The quantitative estimate of drug-likeness (QED) is 0.286. The number of hydrogen-bond acceptors (Lipinski definition) is 1. The topological polar surface area (TPSA) is 20.1 Å². The fourth-order valence-corrected chi connectivity index (χ4v) is 0.0834. The molecule has 1 heterocycles. The molecule has 0 atom stereocenters. The van der Waals surface area contributed by atoms with Crippen LogP contribution >= 0.6 is 0 Å².